The van der Waals surface area contributed by atoms with Crippen molar-refractivity contribution in [1.29, 1.82) is 0 Å². The number of para-hydroxylation sites is 1. The van der Waals surface area contributed by atoms with Crippen molar-refractivity contribution in [2.24, 2.45) is 0 Å². The summed E-state index contributed by atoms with van der Waals surface area (Å²) >= 11 is 0. The molecular formula is C32H30F3N7O12S2. The van der Waals surface area contributed by atoms with Gasteiger partial charge in [-0.15, -0.1) is 0 Å². The van der Waals surface area contributed by atoms with Crippen LogP contribution in [0.25, 0.3) is 0 Å². The second-order valence-corrected chi connectivity index (χ2v) is 14.4. The van der Waals surface area contributed by atoms with Crippen molar-refractivity contribution in [2.45, 2.75) is 35.0 Å². The number of carboxylic acid groups (broad SMARTS) is 1. The largest absolute Gasteiger partial charge is 0.496 e. The highest BCUT2D eigenvalue weighted by molar-refractivity contribution is 7.90. The summed E-state index contributed by atoms with van der Waals surface area (Å²) in [7, 11) is -5.34. The number of sulfonamides is 2. The van der Waals surface area contributed by atoms with Gasteiger partial charge in [0.15, 0.2) is 5.03 Å². The van der Waals surface area contributed by atoms with Gasteiger partial charge in [0.05, 0.1) is 43.4 Å². The van der Waals surface area contributed by atoms with Crippen molar-refractivity contribution >= 4 is 49.8 Å². The fourth-order valence-corrected chi connectivity index (χ4v) is 6.30. The van der Waals surface area contributed by atoms with E-state index in [-0.39, 0.29) is 39.9 Å². The summed E-state index contributed by atoms with van der Waals surface area (Å²) in [5, 5.41) is 12.3. The number of nitrogens with zero attached hydrogens (tertiary/aromatic N) is 3. The predicted octanol–water partition coefficient (Wildman–Crippen LogP) is 2.82. The van der Waals surface area contributed by atoms with E-state index in [0.717, 1.165) is 12.8 Å². The number of hydrogen-bond donors (Lipinski definition) is 5. The highest BCUT2D eigenvalue weighted by atomic mass is 32.2. The molecule has 19 nitrogen and oxygen atoms in total. The van der Waals surface area contributed by atoms with Gasteiger partial charge < -0.3 is 24.6 Å². The maximum Gasteiger partial charge on any atom is 0.433 e. The minimum Gasteiger partial charge on any atom is -0.496 e. The molecule has 5 rings (SSSR count). The molecule has 4 aromatic rings. The van der Waals surface area contributed by atoms with E-state index < -0.39 is 66.4 Å². The molecule has 1 fully saturated rings. The molecule has 298 valence electrons. The Labute approximate surface area is 315 Å². The average Bonchev–Trinajstić information content (AvgIpc) is 3.97. The molecule has 2 heterocycles. The van der Waals surface area contributed by atoms with E-state index in [1.165, 1.54) is 62.4 Å². The van der Waals surface area contributed by atoms with E-state index in [1.807, 2.05) is 10.0 Å². The number of carbonyl (C=O) groups is 4. The van der Waals surface area contributed by atoms with Crippen LogP contribution in [-0.2, 0) is 26.2 Å². The number of benzene rings is 2. The number of methoxy groups -OCH3 is 3. The molecular weight excluding hydrogens is 796 g/mol. The molecule has 24 heteroatoms. The topological polar surface area (TPSA) is 271 Å². The highest BCUT2D eigenvalue weighted by Crippen LogP contribution is 2.29. The number of urea groups is 1. The third kappa shape index (κ3) is 11.0. The van der Waals surface area contributed by atoms with Crippen LogP contribution in [0.2, 0.25) is 0 Å². The lowest BCUT2D eigenvalue weighted by Gasteiger charge is -2.12. The maximum absolute atomic E-state index is 12.8. The molecule has 0 radical (unpaired) electrons. The summed E-state index contributed by atoms with van der Waals surface area (Å²) in [5.41, 5.74) is -2.28. The molecule has 0 saturated heterocycles. The summed E-state index contributed by atoms with van der Waals surface area (Å²) in [6.45, 7) is 0. The second-order valence-electron chi connectivity index (χ2n) is 11.1. The molecule has 0 spiro atoms. The van der Waals surface area contributed by atoms with Gasteiger partial charge in [-0.05, 0) is 61.4 Å². The number of ether oxygens (including phenoxy) is 3. The molecule has 1 aliphatic rings. The summed E-state index contributed by atoms with van der Waals surface area (Å²) < 4.78 is 106. The Morgan fingerprint density at radius 3 is 1.89 bits per heavy atom. The van der Waals surface area contributed by atoms with Gasteiger partial charge in [0.1, 0.15) is 11.4 Å². The molecule has 0 unspecified atom stereocenters. The quantitative estimate of drug-likeness (QED) is 0.137. The fraction of sp³-hybridized carbons (Fsp3) is 0.219. The summed E-state index contributed by atoms with van der Waals surface area (Å²) in [4.78, 5) is 57.5. The van der Waals surface area contributed by atoms with Gasteiger partial charge in [-0.25, -0.2) is 32.4 Å². The van der Waals surface area contributed by atoms with Crippen LogP contribution in [0.1, 0.15) is 49.6 Å². The fourth-order valence-electron chi connectivity index (χ4n) is 4.28. The van der Waals surface area contributed by atoms with Crippen LogP contribution in [-0.4, -0.2) is 88.1 Å². The number of nitrogens with one attached hydrogen (secondary N) is 4. The Balaban J connectivity index is 0.000000251. The van der Waals surface area contributed by atoms with Gasteiger partial charge in [0, 0.05) is 11.6 Å². The normalized spacial score (nSPS) is 12.5. The number of amides is 4. The lowest BCUT2D eigenvalue weighted by Crippen LogP contribution is -2.36. The molecule has 4 amide bonds. The summed E-state index contributed by atoms with van der Waals surface area (Å²) in [6, 6.07) is 12.4. The first-order valence-electron chi connectivity index (χ1n) is 15.5. The van der Waals surface area contributed by atoms with E-state index in [0.29, 0.717) is 17.7 Å². The van der Waals surface area contributed by atoms with Crippen molar-refractivity contribution in [3.05, 3.63) is 89.1 Å². The number of hydrogen-bond acceptors (Lipinski definition) is 14. The van der Waals surface area contributed by atoms with E-state index in [4.69, 9.17) is 19.3 Å². The lowest BCUT2D eigenvalue weighted by molar-refractivity contribution is -0.141. The van der Waals surface area contributed by atoms with Crippen LogP contribution in [0.4, 0.5) is 23.9 Å². The molecule has 2 aromatic heterocycles. The van der Waals surface area contributed by atoms with Crippen molar-refractivity contribution in [3.8, 4) is 17.5 Å². The highest BCUT2D eigenvalue weighted by Gasteiger charge is 2.36. The first kappa shape index (κ1) is 42.2. The number of carboxylic acids is 1. The molecule has 0 aliphatic heterocycles. The van der Waals surface area contributed by atoms with E-state index in [9.17, 15) is 49.2 Å². The van der Waals surface area contributed by atoms with Crippen LogP contribution >= 0.6 is 0 Å². The molecule has 1 aliphatic carbocycles. The van der Waals surface area contributed by atoms with Gasteiger partial charge >= 0.3 is 18.2 Å². The number of anilines is 1. The van der Waals surface area contributed by atoms with Crippen LogP contribution < -0.4 is 34.3 Å². The number of alkyl halides is 3. The van der Waals surface area contributed by atoms with Crippen molar-refractivity contribution in [2.75, 3.05) is 26.6 Å². The SMILES string of the molecule is COc1cc(OC)nc(NC(=O)NS(=O)(=O)c2nc(C(F)(F)F)ccc2C(=O)O)n1.COc1ccccc1C(=O)NS(=O)(=O)c1ccc(C(=O)NC2CC2)cc1. The summed E-state index contributed by atoms with van der Waals surface area (Å²) in [6.07, 6.45) is -3.13. The monoisotopic (exact) mass is 825 g/mol. The van der Waals surface area contributed by atoms with Crippen LogP contribution in [0.15, 0.2) is 76.7 Å². The van der Waals surface area contributed by atoms with Crippen LogP contribution in [0, 0.1) is 0 Å². The number of halogens is 3. The minimum atomic E-state index is -5.14. The lowest BCUT2D eigenvalue weighted by atomic mass is 10.2. The van der Waals surface area contributed by atoms with Crippen molar-refractivity contribution < 1.29 is 68.5 Å². The van der Waals surface area contributed by atoms with Gasteiger partial charge in [-0.2, -0.15) is 31.6 Å². The van der Waals surface area contributed by atoms with Crippen LogP contribution in [0.5, 0.6) is 17.5 Å². The number of aromatic nitrogens is 3. The minimum absolute atomic E-state index is 0.0623. The Kier molecular flexibility index (Phi) is 13.0. The maximum atomic E-state index is 12.8. The third-order valence-corrected chi connectivity index (χ3v) is 9.72. The second kappa shape index (κ2) is 17.3. The van der Waals surface area contributed by atoms with Gasteiger partial charge in [0.25, 0.3) is 31.9 Å². The first-order chi connectivity index (χ1) is 26.3. The smallest absolute Gasteiger partial charge is 0.433 e. The number of pyridine rings is 1. The van der Waals surface area contributed by atoms with Crippen molar-refractivity contribution in [1.82, 2.24) is 29.7 Å². The molecule has 0 bridgehead atoms. The molecule has 1 saturated carbocycles. The average molecular weight is 826 g/mol. The molecule has 2 aromatic carbocycles. The Morgan fingerprint density at radius 2 is 1.36 bits per heavy atom. The number of rotatable bonds is 12. The first-order valence-corrected chi connectivity index (χ1v) is 18.5. The Morgan fingerprint density at radius 1 is 0.750 bits per heavy atom. The zero-order valence-corrected chi connectivity index (χ0v) is 30.7. The Hall–Kier alpha value is -6.56. The third-order valence-electron chi connectivity index (χ3n) is 7.10. The Bertz CT molecular complexity index is 2340. The molecule has 5 N–H and O–H groups in total. The van der Waals surface area contributed by atoms with E-state index in [2.05, 4.69) is 20.3 Å². The van der Waals surface area contributed by atoms with Gasteiger partial charge in [0.2, 0.25) is 17.7 Å². The zero-order valence-electron chi connectivity index (χ0n) is 29.1. The zero-order chi connectivity index (χ0) is 41.4. The number of carbonyl (C=O) groups excluding carboxylic acids is 3. The van der Waals surface area contributed by atoms with Crippen molar-refractivity contribution in [3.63, 3.8) is 0 Å². The predicted molar refractivity (Wildman–Crippen MR) is 185 cm³/mol. The van der Waals surface area contributed by atoms with Gasteiger partial charge in [-0.3, -0.25) is 14.9 Å². The van der Waals surface area contributed by atoms with E-state index >= 15 is 0 Å². The summed E-state index contributed by atoms with van der Waals surface area (Å²) in [5.74, 6) is -3.24. The van der Waals surface area contributed by atoms with Crippen LogP contribution in [0.3, 0.4) is 0 Å². The molecule has 0 atom stereocenters. The van der Waals surface area contributed by atoms with Gasteiger partial charge in [-0.1, -0.05) is 12.1 Å². The van der Waals surface area contributed by atoms with E-state index in [1.54, 1.807) is 18.2 Å². The molecule has 56 heavy (non-hydrogen) atoms. The number of aromatic carboxylic acids is 1. The standard InChI is InChI=1S/C18H18N2O5S.C14H12F3N5O7S/c1-25-16-5-3-2-4-15(16)18(22)20-26(23,24)14-10-6-12(7-11-14)17(21)19-13-8-9-13;1-28-8-5-9(29-2)20-12(19-8)21-13(25)22-30(26,27)10-6(11(23)24)3-4-7(18-10)14(15,16)17/h2-7,10-11,13H,8-9H2,1H3,(H,19,21)(H,20,22);3-5H,1-2H3,(H,23,24)(H2,19,20,21,22,25).